The van der Waals surface area contributed by atoms with E-state index in [0.29, 0.717) is 46.0 Å². The van der Waals surface area contributed by atoms with Crippen LogP contribution in [-0.2, 0) is 31.3 Å². The Hall–Kier alpha value is -5.80. The van der Waals surface area contributed by atoms with Crippen molar-refractivity contribution in [3.63, 3.8) is 0 Å². The molecule has 0 aliphatic carbocycles. The van der Waals surface area contributed by atoms with Crippen molar-refractivity contribution in [1.29, 1.82) is 0 Å². The zero-order chi connectivity index (χ0) is 51.7. The normalized spacial score (nSPS) is 13.0. The van der Waals surface area contributed by atoms with Gasteiger partial charge in [-0.15, -0.1) is 15.9 Å². The lowest BCUT2D eigenvalue weighted by atomic mass is 9.85. The van der Waals surface area contributed by atoms with Crippen molar-refractivity contribution in [2.24, 2.45) is 0 Å². The predicted molar refractivity (Wildman–Crippen MR) is 275 cm³/mol. The fourth-order valence-corrected chi connectivity index (χ4v) is 13.3. The molecule has 0 bridgehead atoms. The van der Waals surface area contributed by atoms with E-state index in [0.717, 1.165) is 39.6 Å². The van der Waals surface area contributed by atoms with Crippen molar-refractivity contribution in [2.45, 2.75) is 113 Å². The van der Waals surface area contributed by atoms with Gasteiger partial charge in [0.2, 0.25) is 0 Å². The summed E-state index contributed by atoms with van der Waals surface area (Å²) in [6.07, 6.45) is 3.74. The topological polar surface area (TPSA) is 107 Å². The van der Waals surface area contributed by atoms with Crippen molar-refractivity contribution in [3.8, 4) is 11.5 Å². The second-order valence-corrected chi connectivity index (χ2v) is 23.5. The van der Waals surface area contributed by atoms with Gasteiger partial charge in [0.25, 0.3) is 20.0 Å². The molecule has 0 saturated heterocycles. The van der Waals surface area contributed by atoms with E-state index in [1.165, 1.54) is 33.0 Å². The number of hydrogen-bond acceptors (Lipinski definition) is 7. The summed E-state index contributed by atoms with van der Waals surface area (Å²) >= 11 is 0.334. The Balaban J connectivity index is 1.39. The van der Waals surface area contributed by atoms with Gasteiger partial charge in [0, 0.05) is 28.3 Å². The lowest BCUT2D eigenvalue weighted by Crippen LogP contribution is -2.33. The second-order valence-electron chi connectivity index (χ2n) is 18.9. The summed E-state index contributed by atoms with van der Waals surface area (Å²) in [7, 11) is -11.2. The van der Waals surface area contributed by atoms with Gasteiger partial charge >= 0.3 is 0 Å². The van der Waals surface area contributed by atoms with Gasteiger partial charge in [0.15, 0.2) is 33.9 Å². The molecule has 0 aromatic heterocycles. The summed E-state index contributed by atoms with van der Waals surface area (Å²) in [5, 5.41) is 1.26. The largest absolute Gasteiger partial charge is 0.456 e. The number of carbonyl (C=O) groups excluding carboxylic acids is 1. The van der Waals surface area contributed by atoms with Gasteiger partial charge in [0.05, 0.1) is 9.79 Å². The van der Waals surface area contributed by atoms with E-state index in [4.69, 9.17) is 4.74 Å². The summed E-state index contributed by atoms with van der Waals surface area (Å²) < 4.78 is 127. The Morgan fingerprint density at radius 3 is 1.82 bits per heavy atom. The summed E-state index contributed by atoms with van der Waals surface area (Å²) in [4.78, 5) is 7.65. The van der Waals surface area contributed by atoms with E-state index < -0.39 is 58.0 Å². The van der Waals surface area contributed by atoms with Gasteiger partial charge in [0.1, 0.15) is 11.5 Å². The maximum Gasteiger partial charge on any atom is 0.259 e. The highest BCUT2D eigenvalue weighted by Gasteiger charge is 2.37. The second kappa shape index (κ2) is 21.5. The maximum absolute atomic E-state index is 15.7. The molecule has 0 spiro atoms. The third-order valence-corrected chi connectivity index (χ3v) is 17.3. The third kappa shape index (κ3) is 11.0. The van der Waals surface area contributed by atoms with Crippen LogP contribution in [0.3, 0.4) is 0 Å². The number of allylic oxidation sites excluding steroid dienone is 1. The Bertz CT molecular complexity index is 3360. The molecular weight excluding hydrogens is 967 g/mol. The van der Waals surface area contributed by atoms with Crippen LogP contribution in [0.2, 0.25) is 0 Å². The minimum absolute atomic E-state index is 0.00460. The molecule has 7 rings (SSSR count). The van der Waals surface area contributed by atoms with Crippen molar-refractivity contribution in [1.82, 2.24) is 4.13 Å². The molecule has 1 heterocycles. The Morgan fingerprint density at radius 2 is 1.24 bits per heavy atom. The standard InChI is InChI=1S/C57H57F4NO6S3/c1-10-38(63)16-15-27-69-56-52(58)54(60)57(55(61)53(56)59)71(66,67)62-70(64,65)50-22-12-11-17-45(50)51-43-25-23-36(28-46-39(32(2)3)18-13-19-40(46)33(4)5)30-48(43)68-49-31-37(24-26-44(49)51)29-47-41(34(6)7)20-14-21-42(47)35(8)9/h10-14,17-26,28,30-35,62H,1,15-16,27,29H2,2-9H3/b36-28+. The summed E-state index contributed by atoms with van der Waals surface area (Å²) in [5.41, 5.74) is 8.76. The smallest absolute Gasteiger partial charge is 0.259 e. The van der Waals surface area contributed by atoms with Gasteiger partial charge in [-0.05, 0) is 123 Å². The minimum atomic E-state index is -5.88. The number of halogens is 4. The monoisotopic (exact) mass is 1020 g/mol. The van der Waals surface area contributed by atoms with E-state index in [9.17, 15) is 21.6 Å². The van der Waals surface area contributed by atoms with Gasteiger partial charge in [-0.1, -0.05) is 135 Å². The molecular formula is C57H57F4NO6S3. The SMILES string of the molecule is C=CC(=O)CCCSc1c(F)c(F)c(S(=O)(=O)NS(=O)(=O)c2ccccc2C2=c3cc/c(=C\c4c(C(C)C)cccc4C(C)C)cc3Oc3cc(Cc4c(C(C)C)cccc4C(C)C)ccc32)c(F)c1F. The molecule has 1 aliphatic heterocycles. The number of fused-ring (bicyclic) bond motifs is 2. The first-order chi connectivity index (χ1) is 33.6. The number of ether oxygens (including phenoxy) is 1. The highest BCUT2D eigenvalue weighted by atomic mass is 32.3. The van der Waals surface area contributed by atoms with Crippen molar-refractivity contribution in [3.05, 3.63) is 193 Å². The number of benzene rings is 6. The average Bonchev–Trinajstić information content (AvgIpc) is 3.31. The van der Waals surface area contributed by atoms with Crippen LogP contribution < -0.4 is 19.3 Å². The number of rotatable bonds is 18. The highest BCUT2D eigenvalue weighted by molar-refractivity contribution is 8.04. The summed E-state index contributed by atoms with van der Waals surface area (Å²) in [5.74, 6) is -7.53. The zero-order valence-electron chi connectivity index (χ0n) is 40.9. The predicted octanol–water partition coefficient (Wildman–Crippen LogP) is 12.8. The Labute approximate surface area is 418 Å². The molecule has 0 atom stereocenters. The molecule has 0 saturated carbocycles. The minimum Gasteiger partial charge on any atom is -0.456 e. The molecule has 7 nitrogen and oxygen atoms in total. The lowest BCUT2D eigenvalue weighted by molar-refractivity contribution is -0.114. The van der Waals surface area contributed by atoms with E-state index in [-0.39, 0.29) is 53.6 Å². The van der Waals surface area contributed by atoms with Crippen LogP contribution >= 0.6 is 11.8 Å². The highest BCUT2D eigenvalue weighted by Crippen LogP contribution is 2.41. The van der Waals surface area contributed by atoms with Crippen LogP contribution in [0.5, 0.6) is 11.5 Å². The average molecular weight is 1020 g/mol. The molecule has 6 aromatic rings. The number of nitrogens with one attached hydrogen (secondary N) is 1. The molecule has 0 radical (unpaired) electrons. The van der Waals surface area contributed by atoms with Crippen LogP contribution in [0.1, 0.15) is 142 Å². The van der Waals surface area contributed by atoms with Crippen LogP contribution in [0.15, 0.2) is 124 Å². The van der Waals surface area contributed by atoms with Crippen LogP contribution in [0.25, 0.3) is 11.6 Å². The van der Waals surface area contributed by atoms with Gasteiger partial charge in [-0.2, -0.15) is 0 Å². The van der Waals surface area contributed by atoms with Crippen molar-refractivity contribution < 1.29 is 43.9 Å². The number of thioether (sulfide) groups is 1. The summed E-state index contributed by atoms with van der Waals surface area (Å²) in [6.45, 7) is 20.5. The molecule has 0 amide bonds. The Morgan fingerprint density at radius 1 is 0.662 bits per heavy atom. The fourth-order valence-electron chi connectivity index (χ4n) is 9.11. The van der Waals surface area contributed by atoms with Crippen LogP contribution in [0.4, 0.5) is 17.6 Å². The number of hydrogen-bond donors (Lipinski definition) is 1. The van der Waals surface area contributed by atoms with E-state index >= 15 is 17.6 Å². The van der Waals surface area contributed by atoms with E-state index in [2.05, 4.69) is 104 Å². The van der Waals surface area contributed by atoms with Gasteiger partial charge < -0.3 is 4.74 Å². The lowest BCUT2D eigenvalue weighted by Gasteiger charge is -2.24. The molecule has 1 N–H and O–H groups in total. The molecule has 372 valence electrons. The summed E-state index contributed by atoms with van der Waals surface area (Å²) in [6, 6.07) is 29.4. The molecule has 14 heteroatoms. The van der Waals surface area contributed by atoms with E-state index in [1.807, 2.05) is 30.3 Å². The molecule has 6 aromatic carbocycles. The van der Waals surface area contributed by atoms with Gasteiger partial charge in [-0.3, -0.25) is 4.79 Å². The third-order valence-electron chi connectivity index (χ3n) is 12.6. The quantitative estimate of drug-likeness (QED) is 0.0300. The maximum atomic E-state index is 15.7. The van der Waals surface area contributed by atoms with E-state index in [1.54, 1.807) is 12.1 Å². The van der Waals surface area contributed by atoms with Crippen LogP contribution in [-0.4, -0.2) is 28.4 Å². The number of sulfonamides is 2. The van der Waals surface area contributed by atoms with Crippen molar-refractivity contribution >= 4 is 49.2 Å². The first kappa shape index (κ1) is 53.0. The first-order valence-electron chi connectivity index (χ1n) is 23.5. The van der Waals surface area contributed by atoms with Gasteiger partial charge in [-0.25, -0.2) is 34.4 Å². The number of ketones is 1. The molecule has 71 heavy (non-hydrogen) atoms. The van der Waals surface area contributed by atoms with Crippen molar-refractivity contribution in [2.75, 3.05) is 5.75 Å². The zero-order valence-corrected chi connectivity index (χ0v) is 43.4. The molecule has 0 unspecified atom stereocenters. The molecule has 1 aliphatic rings. The number of carbonyl (C=O) groups is 1. The van der Waals surface area contributed by atoms with Crippen LogP contribution in [0, 0.1) is 23.3 Å². The Kier molecular flexibility index (Phi) is 16.1. The fraction of sp³-hybridized carbons (Fsp3) is 0.281. The first-order valence-corrected chi connectivity index (χ1v) is 27.4. The molecule has 0 fully saturated rings.